The van der Waals surface area contributed by atoms with Crippen LogP contribution in [-0.4, -0.2) is 37.4 Å². The average molecular weight is 428 g/mol. The molecule has 1 heterocycles. The highest BCUT2D eigenvalue weighted by Gasteiger charge is 2.46. The highest BCUT2D eigenvalue weighted by atomic mass is 19.4. The van der Waals surface area contributed by atoms with Gasteiger partial charge in [0.25, 0.3) is 0 Å². The first-order valence-corrected chi connectivity index (χ1v) is 8.79. The van der Waals surface area contributed by atoms with Gasteiger partial charge in [0.05, 0.1) is 18.4 Å². The average Bonchev–Trinajstić information content (AvgIpc) is 2.98. The fraction of sp³-hybridized carbons (Fsp3) is 0.300. The van der Waals surface area contributed by atoms with Crippen LogP contribution in [0.4, 0.5) is 27.6 Å². The molecule has 1 aliphatic heterocycles. The molecule has 1 saturated heterocycles. The van der Waals surface area contributed by atoms with E-state index in [0.29, 0.717) is 0 Å². The van der Waals surface area contributed by atoms with Gasteiger partial charge < -0.3 is 15.0 Å². The molecule has 2 atom stereocenters. The Hall–Kier alpha value is -3.17. The number of hydrogen-bond acceptors (Lipinski definition) is 3. The number of ether oxygens (including phenoxy) is 1. The highest BCUT2D eigenvalue weighted by molar-refractivity contribution is 6.08. The number of carbonyl (C=O) groups excluding carboxylic acids is 2. The lowest BCUT2D eigenvalue weighted by atomic mass is 9.86. The Kier molecular flexibility index (Phi) is 5.69. The minimum atomic E-state index is -4.64. The summed E-state index contributed by atoms with van der Waals surface area (Å²) >= 11 is 0. The van der Waals surface area contributed by atoms with Crippen LogP contribution in [0.3, 0.4) is 0 Å². The summed E-state index contributed by atoms with van der Waals surface area (Å²) in [4.78, 5) is 26.6. The van der Waals surface area contributed by atoms with E-state index in [2.05, 4.69) is 5.32 Å². The normalized spacial score (nSPS) is 19.2. The van der Waals surface area contributed by atoms with E-state index in [1.54, 1.807) is 0 Å². The van der Waals surface area contributed by atoms with Crippen molar-refractivity contribution in [3.8, 4) is 5.75 Å². The summed E-state index contributed by atoms with van der Waals surface area (Å²) in [5.74, 6) is -6.49. The van der Waals surface area contributed by atoms with Gasteiger partial charge in [0.2, 0.25) is 11.8 Å². The Morgan fingerprint density at radius 1 is 1.20 bits per heavy atom. The molecule has 2 aromatic rings. The molecule has 0 saturated carbocycles. The lowest BCUT2D eigenvalue weighted by Gasteiger charge is -2.21. The highest BCUT2D eigenvalue weighted by Crippen LogP contribution is 2.41. The molecule has 0 unspecified atom stereocenters. The molecule has 1 aliphatic rings. The quantitative estimate of drug-likeness (QED) is 0.596. The number of nitrogens with zero attached hydrogens (tertiary/aromatic N) is 1. The van der Waals surface area contributed by atoms with Crippen molar-refractivity contribution in [1.29, 1.82) is 0 Å². The Morgan fingerprint density at radius 2 is 1.90 bits per heavy atom. The number of nitrogens with one attached hydrogen (secondary N) is 1. The SMILES string of the molecule is COc1ccc(C(F)(F)F)cc1[C@H]1CN(C)C(=O)[C@@H]1C(=O)Nc1cccc(F)c1F. The molecule has 0 aromatic heterocycles. The minimum absolute atomic E-state index is 0.0184. The Morgan fingerprint density at radius 3 is 2.53 bits per heavy atom. The van der Waals surface area contributed by atoms with E-state index in [4.69, 9.17) is 4.74 Å². The van der Waals surface area contributed by atoms with E-state index in [1.807, 2.05) is 0 Å². The number of likely N-dealkylation sites (tertiary alicyclic amines) is 1. The maximum absolute atomic E-state index is 13.9. The van der Waals surface area contributed by atoms with Crippen molar-refractivity contribution in [3.63, 3.8) is 0 Å². The van der Waals surface area contributed by atoms with Crippen LogP contribution in [-0.2, 0) is 15.8 Å². The zero-order valence-electron chi connectivity index (χ0n) is 15.9. The van der Waals surface area contributed by atoms with Gasteiger partial charge in [0.1, 0.15) is 11.7 Å². The lowest BCUT2D eigenvalue weighted by Crippen LogP contribution is -2.33. The van der Waals surface area contributed by atoms with Crippen molar-refractivity contribution in [2.45, 2.75) is 12.1 Å². The van der Waals surface area contributed by atoms with Crippen LogP contribution in [0, 0.1) is 17.6 Å². The number of methoxy groups -OCH3 is 1. The van der Waals surface area contributed by atoms with E-state index in [0.717, 1.165) is 30.3 Å². The summed E-state index contributed by atoms with van der Waals surface area (Å²) in [6.07, 6.45) is -4.64. The summed E-state index contributed by atoms with van der Waals surface area (Å²) in [5.41, 5.74) is -1.42. The van der Waals surface area contributed by atoms with Crippen LogP contribution in [0.25, 0.3) is 0 Å². The maximum Gasteiger partial charge on any atom is 0.416 e. The fourth-order valence-corrected chi connectivity index (χ4v) is 3.48. The Balaban J connectivity index is 2.01. The molecule has 3 rings (SSSR count). The molecule has 2 amide bonds. The van der Waals surface area contributed by atoms with Crippen molar-refractivity contribution >= 4 is 17.5 Å². The molecule has 0 radical (unpaired) electrons. The molecule has 0 aliphatic carbocycles. The number of halogens is 5. The van der Waals surface area contributed by atoms with Gasteiger partial charge >= 0.3 is 6.18 Å². The summed E-state index contributed by atoms with van der Waals surface area (Å²) in [6.45, 7) is -0.0553. The molecule has 10 heteroatoms. The van der Waals surface area contributed by atoms with Crippen LogP contribution in [0.5, 0.6) is 5.75 Å². The smallest absolute Gasteiger partial charge is 0.416 e. The first-order valence-electron chi connectivity index (χ1n) is 8.79. The van der Waals surface area contributed by atoms with Gasteiger partial charge in [-0.2, -0.15) is 13.2 Å². The second kappa shape index (κ2) is 7.92. The third-order valence-corrected chi connectivity index (χ3v) is 4.96. The predicted molar refractivity (Wildman–Crippen MR) is 96.9 cm³/mol. The van der Waals surface area contributed by atoms with Crippen molar-refractivity contribution in [2.75, 3.05) is 26.0 Å². The monoisotopic (exact) mass is 428 g/mol. The van der Waals surface area contributed by atoms with Gasteiger partial charge in [-0.15, -0.1) is 0 Å². The van der Waals surface area contributed by atoms with E-state index in [-0.39, 0.29) is 17.9 Å². The predicted octanol–water partition coefficient (Wildman–Crippen LogP) is 3.80. The third-order valence-electron chi connectivity index (χ3n) is 4.96. The van der Waals surface area contributed by atoms with Gasteiger partial charge in [-0.3, -0.25) is 9.59 Å². The van der Waals surface area contributed by atoms with Gasteiger partial charge in [-0.1, -0.05) is 6.07 Å². The van der Waals surface area contributed by atoms with Crippen molar-refractivity contribution in [3.05, 3.63) is 59.2 Å². The molecule has 160 valence electrons. The number of amides is 2. The van der Waals surface area contributed by atoms with E-state index in [1.165, 1.54) is 25.1 Å². The molecule has 1 N–H and O–H groups in total. The molecular weight excluding hydrogens is 411 g/mol. The number of hydrogen-bond donors (Lipinski definition) is 1. The third kappa shape index (κ3) is 3.94. The van der Waals surface area contributed by atoms with Crippen LogP contribution in [0.2, 0.25) is 0 Å². The number of alkyl halides is 3. The van der Waals surface area contributed by atoms with Crippen molar-refractivity contribution < 1.29 is 36.3 Å². The number of rotatable bonds is 4. The van der Waals surface area contributed by atoms with Crippen LogP contribution < -0.4 is 10.1 Å². The zero-order valence-corrected chi connectivity index (χ0v) is 15.9. The summed E-state index contributed by atoms with van der Waals surface area (Å²) in [5, 5.41) is 2.16. The zero-order chi connectivity index (χ0) is 22.2. The molecular formula is C20H17F5N2O3. The molecule has 0 bridgehead atoms. The van der Waals surface area contributed by atoms with Crippen LogP contribution in [0.15, 0.2) is 36.4 Å². The minimum Gasteiger partial charge on any atom is -0.496 e. The molecule has 30 heavy (non-hydrogen) atoms. The second-order valence-corrected chi connectivity index (χ2v) is 6.85. The van der Waals surface area contributed by atoms with Crippen molar-refractivity contribution in [1.82, 2.24) is 4.90 Å². The second-order valence-electron chi connectivity index (χ2n) is 6.85. The lowest BCUT2D eigenvalue weighted by molar-refractivity contribution is -0.137. The maximum atomic E-state index is 13.9. The fourth-order valence-electron chi connectivity index (χ4n) is 3.48. The molecule has 2 aromatic carbocycles. The van der Waals surface area contributed by atoms with Crippen LogP contribution in [0.1, 0.15) is 17.0 Å². The largest absolute Gasteiger partial charge is 0.496 e. The van der Waals surface area contributed by atoms with Gasteiger partial charge in [-0.25, -0.2) is 8.78 Å². The number of benzene rings is 2. The van der Waals surface area contributed by atoms with Gasteiger partial charge in [0, 0.05) is 25.1 Å². The first kappa shape index (κ1) is 21.5. The number of carbonyl (C=O) groups is 2. The topological polar surface area (TPSA) is 58.6 Å². The number of likely N-dealkylation sites (N-methyl/N-ethyl adjacent to an activating group) is 1. The first-order chi connectivity index (χ1) is 14.0. The molecule has 1 fully saturated rings. The number of anilines is 1. The van der Waals surface area contributed by atoms with Crippen LogP contribution >= 0.6 is 0 Å². The van der Waals surface area contributed by atoms with Crippen molar-refractivity contribution in [2.24, 2.45) is 5.92 Å². The van der Waals surface area contributed by atoms with E-state index < -0.39 is 52.7 Å². The van der Waals surface area contributed by atoms with E-state index >= 15 is 0 Å². The summed E-state index contributed by atoms with van der Waals surface area (Å²) in [7, 11) is 2.65. The summed E-state index contributed by atoms with van der Waals surface area (Å²) < 4.78 is 72.1. The molecule has 5 nitrogen and oxygen atoms in total. The standard InChI is InChI=1S/C20H17F5N2O3/c1-27-9-12(11-8-10(20(23,24)25)6-7-15(11)30-2)16(19(27)29)18(28)26-14-5-3-4-13(21)17(14)22/h3-8,12,16H,9H2,1-2H3,(H,26,28)/t12-,16+/m1/s1. The molecule has 0 spiro atoms. The summed E-state index contributed by atoms with van der Waals surface area (Å²) in [6, 6.07) is 5.92. The van der Waals surface area contributed by atoms with Gasteiger partial charge in [0.15, 0.2) is 11.6 Å². The Bertz CT molecular complexity index is 993. The van der Waals surface area contributed by atoms with Gasteiger partial charge in [-0.05, 0) is 30.3 Å². The Labute approximate surface area is 168 Å². The van der Waals surface area contributed by atoms with E-state index in [9.17, 15) is 31.5 Å².